The van der Waals surface area contributed by atoms with Crippen LogP contribution >= 0.6 is 108 Å². The number of nitrogens with two attached hydrogens (primary N) is 2. The van der Waals surface area contributed by atoms with Crippen LogP contribution in [0.1, 0.15) is 58.2 Å². The maximum Gasteiger partial charge on any atom is 0.206 e. The summed E-state index contributed by atoms with van der Waals surface area (Å²) in [5.74, 6) is 0.836. The van der Waals surface area contributed by atoms with Crippen molar-refractivity contribution in [1.82, 2.24) is 14.8 Å². The Labute approximate surface area is 452 Å². The number of thioether (sulfide) groups is 1. The summed E-state index contributed by atoms with van der Waals surface area (Å²) in [5.41, 5.74) is 17.1. The van der Waals surface area contributed by atoms with E-state index in [2.05, 4.69) is 109 Å². The SMILES string of the molecule is CCSC(N)=NC(=S)Nc1ccc(N2CCC(N(C)C)CC2)cc1.CN(C)C1CCN(c2ccc(Nc3nc(N)c(C(=O)c4ccc(Cl)c(Cl)c4)s3)cc2)CC1.O=C(CBr)c1ccc(Cl)c(Cl)c1.P. The number of nitrogens with one attached hydrogen (secondary N) is 2. The normalized spacial score (nSPS) is 14.3. The number of piperidine rings is 2. The maximum atomic E-state index is 12.8. The highest BCUT2D eigenvalue weighted by atomic mass is 79.9. The minimum Gasteiger partial charge on any atom is -0.382 e. The van der Waals surface area contributed by atoms with Crippen LogP contribution in [0.25, 0.3) is 0 Å². The first-order chi connectivity index (χ1) is 32.5. The number of hydrogen-bond acceptors (Lipinski definition) is 12. The largest absolute Gasteiger partial charge is 0.382 e. The predicted octanol–water partition coefficient (Wildman–Crippen LogP) is 12.1. The van der Waals surface area contributed by atoms with Crippen molar-refractivity contribution in [2.45, 2.75) is 44.7 Å². The molecule has 3 heterocycles. The highest BCUT2D eigenvalue weighted by Gasteiger charge is 2.23. The second-order valence-electron chi connectivity index (χ2n) is 16.3. The second kappa shape index (κ2) is 28.7. The van der Waals surface area contributed by atoms with Crippen LogP contribution in [0.2, 0.25) is 20.1 Å². The number of aliphatic imine (C=N–C) groups is 1. The average Bonchev–Trinajstić information content (AvgIpc) is 3.70. The van der Waals surface area contributed by atoms with Crippen LogP contribution in [0.15, 0.2) is 89.9 Å². The molecule has 372 valence electrons. The highest BCUT2D eigenvalue weighted by molar-refractivity contribution is 9.09. The van der Waals surface area contributed by atoms with Gasteiger partial charge in [-0.1, -0.05) is 92.4 Å². The summed E-state index contributed by atoms with van der Waals surface area (Å²) < 4.78 is 0. The third-order valence-electron chi connectivity index (χ3n) is 11.3. The minimum absolute atomic E-state index is 0. The molecule has 7 rings (SSSR count). The molecule has 5 aromatic rings. The summed E-state index contributed by atoms with van der Waals surface area (Å²) in [6.07, 6.45) is 4.75. The Bertz CT molecular complexity index is 2510. The zero-order chi connectivity index (χ0) is 49.5. The number of nitrogens with zero attached hydrogens (tertiary/aromatic N) is 6. The number of ketones is 2. The van der Waals surface area contributed by atoms with Crippen LogP contribution in [-0.2, 0) is 0 Å². The van der Waals surface area contributed by atoms with E-state index in [1.54, 1.807) is 36.4 Å². The molecule has 0 amide bonds. The molecule has 2 aliphatic rings. The van der Waals surface area contributed by atoms with E-state index in [1.165, 1.54) is 60.2 Å². The van der Waals surface area contributed by atoms with Crippen LogP contribution in [0.3, 0.4) is 0 Å². The number of anilines is 6. The molecule has 21 heteroatoms. The van der Waals surface area contributed by atoms with Crippen LogP contribution in [-0.4, -0.2) is 114 Å². The molecule has 69 heavy (non-hydrogen) atoms. The molecular weight excluding hydrogens is 1100 g/mol. The Morgan fingerprint density at radius 1 is 0.783 bits per heavy atom. The zero-order valence-corrected chi connectivity index (χ0v) is 47.8. The minimum atomic E-state index is -0.233. The molecule has 0 radical (unpaired) electrons. The van der Waals surface area contributed by atoms with Crippen molar-refractivity contribution >= 4 is 163 Å². The summed E-state index contributed by atoms with van der Waals surface area (Å²) in [6.45, 7) is 6.34. The number of halogens is 5. The van der Waals surface area contributed by atoms with Gasteiger partial charge in [-0.15, -0.1) is 0 Å². The Kier molecular flexibility index (Phi) is 24.3. The second-order valence-corrected chi connectivity index (χ2v) is 21.1. The molecular formula is C48H60BrCl4N10O2PS3. The first-order valence-corrected chi connectivity index (χ1v) is 26.7. The smallest absolute Gasteiger partial charge is 0.206 e. The van der Waals surface area contributed by atoms with Crippen molar-refractivity contribution in [3.63, 3.8) is 0 Å². The van der Waals surface area contributed by atoms with Gasteiger partial charge < -0.3 is 41.7 Å². The molecule has 2 fully saturated rings. The number of aromatic nitrogens is 1. The van der Waals surface area contributed by atoms with Crippen molar-refractivity contribution in [2.24, 2.45) is 10.7 Å². The Hall–Kier alpha value is -3.25. The summed E-state index contributed by atoms with van der Waals surface area (Å²) in [6, 6.07) is 27.5. The molecule has 0 saturated carbocycles. The van der Waals surface area contributed by atoms with Gasteiger partial charge in [0.1, 0.15) is 10.7 Å². The van der Waals surface area contributed by atoms with Gasteiger partial charge in [-0.3, -0.25) is 9.59 Å². The number of carbonyl (C=O) groups excluding carboxylic acids is 2. The van der Waals surface area contributed by atoms with Crippen molar-refractivity contribution in [3.8, 4) is 0 Å². The molecule has 1 aromatic heterocycles. The number of carbonyl (C=O) groups is 2. The third kappa shape index (κ3) is 17.8. The van der Waals surface area contributed by atoms with Crippen LogP contribution in [0.4, 0.5) is 33.7 Å². The van der Waals surface area contributed by atoms with Crippen molar-refractivity contribution in [1.29, 1.82) is 0 Å². The molecule has 0 bridgehead atoms. The lowest BCUT2D eigenvalue weighted by atomic mass is 10.0. The number of rotatable bonds is 12. The van der Waals surface area contributed by atoms with Gasteiger partial charge in [0.05, 0.1) is 25.4 Å². The molecule has 12 nitrogen and oxygen atoms in total. The van der Waals surface area contributed by atoms with Crippen LogP contribution < -0.4 is 31.9 Å². The first kappa shape index (κ1) is 58.3. The summed E-state index contributed by atoms with van der Waals surface area (Å²) >= 11 is 34.4. The van der Waals surface area contributed by atoms with Gasteiger partial charge in [0.25, 0.3) is 0 Å². The Morgan fingerprint density at radius 3 is 1.70 bits per heavy atom. The van der Waals surface area contributed by atoms with Gasteiger partial charge in [0.15, 0.2) is 21.2 Å². The van der Waals surface area contributed by atoms with Gasteiger partial charge in [-0.2, -0.15) is 14.9 Å². The van der Waals surface area contributed by atoms with E-state index in [1.807, 2.05) is 31.2 Å². The quantitative estimate of drug-likeness (QED) is 0.0235. The number of amidine groups is 1. The topological polar surface area (TPSA) is 148 Å². The van der Waals surface area contributed by atoms with Crippen molar-refractivity contribution in [2.75, 3.05) is 91.6 Å². The van der Waals surface area contributed by atoms with E-state index >= 15 is 0 Å². The lowest BCUT2D eigenvalue weighted by Crippen LogP contribution is -2.41. The van der Waals surface area contributed by atoms with Gasteiger partial charge in [0.2, 0.25) is 5.78 Å². The molecule has 2 saturated heterocycles. The van der Waals surface area contributed by atoms with Crippen LogP contribution in [0, 0.1) is 0 Å². The van der Waals surface area contributed by atoms with E-state index in [0.29, 0.717) is 68.9 Å². The van der Waals surface area contributed by atoms with Crippen molar-refractivity contribution < 1.29 is 9.59 Å². The number of alkyl halides is 1. The Morgan fingerprint density at radius 2 is 1.25 bits per heavy atom. The lowest BCUT2D eigenvalue weighted by molar-refractivity contribution is 0.102. The maximum absolute atomic E-state index is 12.8. The zero-order valence-electron chi connectivity index (χ0n) is 39.3. The number of hydrogen-bond donors (Lipinski definition) is 4. The van der Waals surface area contributed by atoms with Crippen LogP contribution in [0.5, 0.6) is 0 Å². The van der Waals surface area contributed by atoms with E-state index in [4.69, 9.17) is 70.1 Å². The number of benzene rings is 4. The van der Waals surface area contributed by atoms with Gasteiger partial charge >= 0.3 is 0 Å². The molecule has 4 aromatic carbocycles. The van der Waals surface area contributed by atoms with E-state index in [9.17, 15) is 9.59 Å². The number of thiazole rings is 1. The third-order valence-corrected chi connectivity index (χ3v) is 15.1. The molecule has 2 aliphatic heterocycles. The van der Waals surface area contributed by atoms with Gasteiger partial charge in [0, 0.05) is 72.1 Å². The molecule has 6 N–H and O–H groups in total. The lowest BCUT2D eigenvalue weighted by Gasteiger charge is -2.36. The van der Waals surface area contributed by atoms with Crippen molar-refractivity contribution in [3.05, 3.63) is 121 Å². The standard InChI is InChI=1S/C23H25Cl2N5OS.C17H27N5S2.C8H5BrCl2O.H3P/c1-29(2)16-9-11-30(12-10-16)17-6-4-15(5-7-17)27-23-28-22(26)21(32-23)20(31)14-3-8-18(24)19(25)13-14;1-4-24-16(18)20-17(23)19-13-5-7-15(8-6-13)22-11-9-14(10-12-22)21(2)3;9-4-8(12)5-1-2-6(10)7(11)3-5;/h3-8,13,16H,9-12,26H2,1-2H3,(H,27,28);5-8,14H,4,9-12H2,1-3H3,(H3,18,19,20,23);1-3H,4H2;1H3. The fourth-order valence-corrected chi connectivity index (χ4v) is 9.92. The fourth-order valence-electron chi connectivity index (χ4n) is 7.41. The predicted molar refractivity (Wildman–Crippen MR) is 312 cm³/mol. The van der Waals surface area contributed by atoms with E-state index in [0.717, 1.165) is 43.3 Å². The highest BCUT2D eigenvalue weighted by Crippen LogP contribution is 2.33. The summed E-state index contributed by atoms with van der Waals surface area (Å²) in [4.78, 5) is 42.3. The summed E-state index contributed by atoms with van der Waals surface area (Å²) in [5, 5.41) is 9.69. The first-order valence-electron chi connectivity index (χ1n) is 21.8. The van der Waals surface area contributed by atoms with E-state index in [-0.39, 0.29) is 27.3 Å². The monoisotopic (exact) mass is 1150 g/mol. The molecule has 0 spiro atoms. The van der Waals surface area contributed by atoms with Gasteiger partial charge in [-0.25, -0.2) is 4.98 Å². The summed E-state index contributed by atoms with van der Waals surface area (Å²) in [7, 11) is 8.63. The molecule has 0 aliphatic carbocycles. The number of thiocarbonyl (C=S) groups is 1. The molecule has 1 unspecified atom stereocenters. The number of Topliss-reactive ketones (excluding diaryl/α,β-unsaturated/α-hetero) is 1. The average molecular weight is 1160 g/mol. The van der Waals surface area contributed by atoms with E-state index < -0.39 is 0 Å². The fraction of sp³-hybridized carbons (Fsp3) is 0.354. The Balaban J connectivity index is 0.000000247. The molecule has 1 atom stereocenters. The van der Waals surface area contributed by atoms with Gasteiger partial charge in [-0.05, 0) is 157 Å². The number of nitrogen functional groups attached to an aromatic ring is 1.